The van der Waals surface area contributed by atoms with Gasteiger partial charge in [-0.15, -0.1) is 0 Å². The molecule has 35 heavy (non-hydrogen) atoms. The molecule has 3 heterocycles. The molecule has 0 saturated heterocycles. The second-order valence-electron chi connectivity index (χ2n) is 9.97. The lowest BCUT2D eigenvalue weighted by Gasteiger charge is -2.38. The van der Waals surface area contributed by atoms with Crippen molar-refractivity contribution >= 4 is 23.6 Å². The first-order chi connectivity index (χ1) is 16.6. The van der Waals surface area contributed by atoms with Crippen molar-refractivity contribution < 1.29 is 28.3 Å². The van der Waals surface area contributed by atoms with Gasteiger partial charge in [-0.3, -0.25) is 19.3 Å². The first-order valence-corrected chi connectivity index (χ1v) is 11.5. The van der Waals surface area contributed by atoms with Crippen LogP contribution in [-0.2, 0) is 20.9 Å². The molecule has 1 atom stereocenters. The zero-order chi connectivity index (χ0) is 25.1. The Bertz CT molecular complexity index is 1320. The summed E-state index contributed by atoms with van der Waals surface area (Å²) in [7, 11) is 1.30. The second-order valence-corrected chi connectivity index (χ2v) is 9.97. The zero-order valence-electron chi connectivity index (χ0n) is 20.1. The van der Waals surface area contributed by atoms with Crippen LogP contribution in [0.4, 0.5) is 0 Å². The number of carbonyl (C=O) groups is 4. The monoisotopic (exact) mass is 474 g/mol. The van der Waals surface area contributed by atoms with E-state index in [2.05, 4.69) is 5.32 Å². The van der Waals surface area contributed by atoms with Crippen LogP contribution in [0.15, 0.2) is 63.4 Å². The minimum atomic E-state index is -0.738. The van der Waals surface area contributed by atoms with E-state index in [1.165, 1.54) is 7.11 Å². The topological polar surface area (TPSA) is 106 Å². The van der Waals surface area contributed by atoms with Gasteiger partial charge in [0.15, 0.2) is 5.78 Å². The van der Waals surface area contributed by atoms with Crippen LogP contribution in [0, 0.1) is 5.41 Å². The van der Waals surface area contributed by atoms with E-state index in [1.54, 1.807) is 43.3 Å². The summed E-state index contributed by atoms with van der Waals surface area (Å²) in [5, 5.41) is 3.25. The van der Waals surface area contributed by atoms with Crippen molar-refractivity contribution in [2.45, 2.75) is 46.1 Å². The number of imide groups is 1. The number of dihydropyridines is 1. The summed E-state index contributed by atoms with van der Waals surface area (Å²) < 4.78 is 11.1. The Hall–Kier alpha value is -3.94. The van der Waals surface area contributed by atoms with E-state index in [1.807, 2.05) is 13.8 Å². The third kappa shape index (κ3) is 3.69. The summed E-state index contributed by atoms with van der Waals surface area (Å²) in [5.74, 6) is -1.35. The summed E-state index contributed by atoms with van der Waals surface area (Å²) in [6.07, 6.45) is 0.999. The van der Waals surface area contributed by atoms with Gasteiger partial charge < -0.3 is 14.5 Å². The number of rotatable bonds is 4. The van der Waals surface area contributed by atoms with Gasteiger partial charge in [0.2, 0.25) is 0 Å². The van der Waals surface area contributed by atoms with Gasteiger partial charge in [-0.2, -0.15) is 0 Å². The van der Waals surface area contributed by atoms with E-state index in [4.69, 9.17) is 9.15 Å². The van der Waals surface area contributed by atoms with Crippen LogP contribution < -0.4 is 5.32 Å². The Morgan fingerprint density at radius 3 is 2.37 bits per heavy atom. The number of carbonyl (C=O) groups excluding carboxylic acids is 4. The predicted octanol–water partition coefficient (Wildman–Crippen LogP) is 3.85. The number of esters is 1. The molecule has 0 spiro atoms. The fourth-order valence-electron chi connectivity index (χ4n) is 5.27. The van der Waals surface area contributed by atoms with Crippen LogP contribution in [0.2, 0.25) is 0 Å². The van der Waals surface area contributed by atoms with Gasteiger partial charge in [0.1, 0.15) is 11.5 Å². The van der Waals surface area contributed by atoms with E-state index in [9.17, 15) is 19.2 Å². The van der Waals surface area contributed by atoms with E-state index in [-0.39, 0.29) is 29.6 Å². The van der Waals surface area contributed by atoms with E-state index in [0.29, 0.717) is 52.3 Å². The Morgan fingerprint density at radius 1 is 1.09 bits per heavy atom. The number of Topliss-reactive ketones (excluding diaryl/α,β-unsaturated/α-hetero) is 1. The quantitative estimate of drug-likeness (QED) is 0.530. The molecule has 180 valence electrons. The van der Waals surface area contributed by atoms with Crippen LogP contribution >= 0.6 is 0 Å². The number of ether oxygens (including phenoxy) is 1. The number of furan rings is 1. The van der Waals surface area contributed by atoms with Gasteiger partial charge in [0, 0.05) is 23.4 Å². The Morgan fingerprint density at radius 2 is 1.74 bits per heavy atom. The molecule has 2 aromatic rings. The molecule has 3 aliphatic rings. The molecule has 1 aliphatic carbocycles. The lowest BCUT2D eigenvalue weighted by molar-refractivity contribution is -0.136. The van der Waals surface area contributed by atoms with Gasteiger partial charge in [-0.25, -0.2) is 4.79 Å². The molecule has 0 bridgehead atoms. The van der Waals surface area contributed by atoms with Crippen molar-refractivity contribution in [2.75, 3.05) is 7.11 Å². The van der Waals surface area contributed by atoms with Crippen LogP contribution in [0.25, 0.3) is 0 Å². The van der Waals surface area contributed by atoms with Crippen molar-refractivity contribution in [3.05, 3.63) is 81.6 Å². The number of ketones is 1. The third-order valence-corrected chi connectivity index (χ3v) is 6.80. The van der Waals surface area contributed by atoms with Crippen LogP contribution in [0.5, 0.6) is 0 Å². The molecule has 2 amide bonds. The number of methoxy groups -OCH3 is 1. The maximum atomic E-state index is 13.3. The molecule has 2 aliphatic heterocycles. The number of nitrogens with zero attached hydrogens (tertiary/aromatic N) is 1. The highest BCUT2D eigenvalue weighted by Crippen LogP contribution is 2.47. The smallest absolute Gasteiger partial charge is 0.336 e. The normalized spacial score (nSPS) is 21.2. The summed E-state index contributed by atoms with van der Waals surface area (Å²) in [6, 6.07) is 10.0. The average Bonchev–Trinajstić information content (AvgIpc) is 3.36. The molecule has 8 nitrogen and oxygen atoms in total. The minimum absolute atomic E-state index is 0.0547. The molecule has 0 fully saturated rings. The van der Waals surface area contributed by atoms with E-state index < -0.39 is 11.9 Å². The predicted molar refractivity (Wildman–Crippen MR) is 125 cm³/mol. The second kappa shape index (κ2) is 8.08. The number of hydrogen-bond donors (Lipinski definition) is 1. The summed E-state index contributed by atoms with van der Waals surface area (Å²) in [4.78, 5) is 52.7. The summed E-state index contributed by atoms with van der Waals surface area (Å²) >= 11 is 0. The number of amides is 2. The highest BCUT2D eigenvalue weighted by Gasteiger charge is 2.44. The first-order valence-electron chi connectivity index (χ1n) is 11.5. The largest absolute Gasteiger partial charge is 0.466 e. The SMILES string of the molecule is COC(=O)C1=C(C)NC2=C(C(=O)CC(C)(C)C2)[C@H]1c1ccc(CN2C(=O)c3ccccc3C2=O)o1. The lowest BCUT2D eigenvalue weighted by atomic mass is 9.69. The first kappa shape index (κ1) is 22.8. The van der Waals surface area contributed by atoms with Crippen molar-refractivity contribution in [1.29, 1.82) is 0 Å². The van der Waals surface area contributed by atoms with Crippen molar-refractivity contribution in [1.82, 2.24) is 10.2 Å². The van der Waals surface area contributed by atoms with Gasteiger partial charge in [-0.1, -0.05) is 26.0 Å². The number of allylic oxidation sites excluding steroid dienone is 3. The van der Waals surface area contributed by atoms with Crippen molar-refractivity contribution in [2.24, 2.45) is 5.41 Å². The molecular formula is C27H26N2O6. The van der Waals surface area contributed by atoms with Gasteiger partial charge in [-0.05, 0) is 43.0 Å². The Labute approximate surface area is 202 Å². The molecule has 5 rings (SSSR count). The standard InChI is InChI=1S/C27H26N2O6/c1-14-21(26(33)34-4)23(22-18(28-14)11-27(2,3)12-19(22)30)20-10-9-15(35-20)13-29-24(31)16-7-5-6-8-17(16)25(29)32/h5-10,23,28H,11-13H2,1-4H3/t23-/m0/s1. The lowest BCUT2D eigenvalue weighted by Crippen LogP contribution is -2.38. The highest BCUT2D eigenvalue weighted by atomic mass is 16.5. The summed E-state index contributed by atoms with van der Waals surface area (Å²) in [5.41, 5.74) is 2.69. The van der Waals surface area contributed by atoms with Crippen molar-refractivity contribution in [3.63, 3.8) is 0 Å². The van der Waals surface area contributed by atoms with Gasteiger partial charge in [0.25, 0.3) is 11.8 Å². The maximum absolute atomic E-state index is 13.3. The maximum Gasteiger partial charge on any atom is 0.336 e. The summed E-state index contributed by atoms with van der Waals surface area (Å²) in [6.45, 7) is 5.79. The molecule has 0 saturated carbocycles. The molecule has 0 unspecified atom stereocenters. The Balaban J connectivity index is 1.51. The number of nitrogens with one attached hydrogen (secondary N) is 1. The van der Waals surface area contributed by atoms with Gasteiger partial charge in [0.05, 0.1) is 36.3 Å². The van der Waals surface area contributed by atoms with E-state index in [0.717, 1.165) is 10.6 Å². The van der Waals surface area contributed by atoms with Crippen LogP contribution in [-0.4, -0.2) is 35.6 Å². The zero-order valence-corrected chi connectivity index (χ0v) is 20.1. The fraction of sp³-hybridized carbons (Fsp3) is 0.333. The number of hydrogen-bond acceptors (Lipinski definition) is 7. The highest BCUT2D eigenvalue weighted by molar-refractivity contribution is 6.21. The molecule has 1 aromatic carbocycles. The molecule has 1 N–H and O–H groups in total. The number of fused-ring (bicyclic) bond motifs is 1. The third-order valence-electron chi connectivity index (χ3n) is 6.80. The average molecular weight is 475 g/mol. The molecule has 0 radical (unpaired) electrons. The van der Waals surface area contributed by atoms with Gasteiger partial charge >= 0.3 is 5.97 Å². The molecule has 8 heteroatoms. The molecular weight excluding hydrogens is 448 g/mol. The minimum Gasteiger partial charge on any atom is -0.466 e. The van der Waals surface area contributed by atoms with Crippen molar-refractivity contribution in [3.8, 4) is 0 Å². The van der Waals surface area contributed by atoms with Crippen LogP contribution in [0.3, 0.4) is 0 Å². The van der Waals surface area contributed by atoms with Crippen LogP contribution in [0.1, 0.15) is 71.8 Å². The fourth-order valence-corrected chi connectivity index (χ4v) is 5.27. The van der Waals surface area contributed by atoms with E-state index >= 15 is 0 Å². The number of benzene rings is 1. The molecule has 1 aromatic heterocycles. The Kier molecular flexibility index (Phi) is 5.27.